The van der Waals surface area contributed by atoms with E-state index >= 15 is 0 Å². The largest absolute Gasteiger partial charge is 0.450 e. The number of likely N-dealkylation sites (tertiary alicyclic amines) is 1. The second kappa shape index (κ2) is 6.43. The Hall–Kier alpha value is -1.30. The van der Waals surface area contributed by atoms with Crippen molar-refractivity contribution in [2.24, 2.45) is 11.8 Å². The topological polar surface area (TPSA) is 59.8 Å². The van der Waals surface area contributed by atoms with Gasteiger partial charge in [-0.05, 0) is 46.3 Å². The Labute approximate surface area is 126 Å². The monoisotopic (exact) mass is 343 g/mol. The van der Waals surface area contributed by atoms with Gasteiger partial charge >= 0.3 is 5.97 Å². The van der Waals surface area contributed by atoms with Crippen LogP contribution < -0.4 is 0 Å². The van der Waals surface area contributed by atoms with Crippen molar-refractivity contribution in [3.8, 4) is 0 Å². The van der Waals surface area contributed by atoms with E-state index in [-0.39, 0.29) is 18.3 Å². The summed E-state index contributed by atoms with van der Waals surface area (Å²) >= 11 is 3.11. The van der Waals surface area contributed by atoms with Crippen LogP contribution in [0.1, 0.15) is 30.8 Å². The fourth-order valence-corrected chi connectivity index (χ4v) is 2.89. The molecule has 0 aliphatic carbocycles. The second-order valence-corrected chi connectivity index (χ2v) is 6.21. The van der Waals surface area contributed by atoms with Crippen molar-refractivity contribution in [2.75, 3.05) is 19.7 Å². The zero-order valence-corrected chi connectivity index (χ0v) is 13.2. The van der Waals surface area contributed by atoms with E-state index < -0.39 is 5.97 Å². The van der Waals surface area contributed by atoms with Gasteiger partial charge in [-0.25, -0.2) is 4.79 Å². The summed E-state index contributed by atoms with van der Waals surface area (Å²) in [6, 6.07) is 3.11. The maximum Gasteiger partial charge on any atom is 0.374 e. The van der Waals surface area contributed by atoms with Crippen LogP contribution in [0.4, 0.5) is 0 Å². The molecule has 1 amide bonds. The Balaban J connectivity index is 1.84. The number of nitrogens with zero attached hydrogens (tertiary/aromatic N) is 1. The number of rotatable bonds is 3. The van der Waals surface area contributed by atoms with Gasteiger partial charge in [0.2, 0.25) is 5.76 Å². The average Bonchev–Trinajstić information content (AvgIpc) is 2.81. The highest BCUT2D eigenvalue weighted by molar-refractivity contribution is 9.10. The molecule has 1 saturated heterocycles. The molecule has 2 heterocycles. The molecule has 1 fully saturated rings. The summed E-state index contributed by atoms with van der Waals surface area (Å²) in [4.78, 5) is 25.5. The molecule has 5 nitrogen and oxygen atoms in total. The first-order valence-corrected chi connectivity index (χ1v) is 7.45. The number of halogens is 1. The molecule has 6 heteroatoms. The van der Waals surface area contributed by atoms with Crippen LogP contribution in [0.5, 0.6) is 0 Å². The lowest BCUT2D eigenvalue weighted by Gasteiger charge is -2.34. The number of esters is 1. The molecule has 1 aromatic rings. The molecule has 1 aliphatic rings. The number of hydrogen-bond donors (Lipinski definition) is 0. The molecule has 0 bridgehead atoms. The van der Waals surface area contributed by atoms with Gasteiger partial charge in [0, 0.05) is 13.1 Å². The Morgan fingerprint density at radius 2 is 2.00 bits per heavy atom. The minimum atomic E-state index is -0.623. The number of hydrogen-bond acceptors (Lipinski definition) is 4. The molecule has 0 aromatic carbocycles. The zero-order chi connectivity index (χ0) is 14.7. The quantitative estimate of drug-likeness (QED) is 0.791. The molecule has 110 valence electrons. The molecular weight excluding hydrogens is 326 g/mol. The maximum atomic E-state index is 12.0. The number of furan rings is 1. The summed E-state index contributed by atoms with van der Waals surface area (Å²) in [6.07, 6.45) is 1.13. The predicted octanol–water partition coefficient (Wildman–Crippen LogP) is 2.70. The number of carbonyl (C=O) groups excluding carboxylic acids is 2. The summed E-state index contributed by atoms with van der Waals surface area (Å²) in [5.41, 5.74) is 0. The van der Waals surface area contributed by atoms with Crippen LogP contribution >= 0.6 is 15.9 Å². The van der Waals surface area contributed by atoms with Crippen molar-refractivity contribution in [1.82, 2.24) is 4.90 Å². The van der Waals surface area contributed by atoms with E-state index in [1.54, 1.807) is 11.0 Å². The normalized spacial score (nSPS) is 22.6. The summed E-state index contributed by atoms with van der Waals surface area (Å²) in [5.74, 6) is 0.286. The first-order valence-electron chi connectivity index (χ1n) is 6.66. The van der Waals surface area contributed by atoms with Gasteiger partial charge in [-0.1, -0.05) is 13.8 Å². The SMILES string of the molecule is C[C@@H]1C[C@@H](C)CN(C(=O)COC(=O)c2ccc(Br)o2)C1. The number of ether oxygens (including phenoxy) is 1. The summed E-state index contributed by atoms with van der Waals surface area (Å²) in [6.45, 7) is 5.47. The lowest BCUT2D eigenvalue weighted by Crippen LogP contribution is -2.44. The molecule has 0 radical (unpaired) electrons. The molecule has 0 spiro atoms. The molecule has 0 N–H and O–H groups in total. The van der Waals surface area contributed by atoms with Crippen molar-refractivity contribution in [1.29, 1.82) is 0 Å². The Morgan fingerprint density at radius 1 is 1.35 bits per heavy atom. The van der Waals surface area contributed by atoms with Gasteiger partial charge in [0.1, 0.15) is 0 Å². The fourth-order valence-electron chi connectivity index (χ4n) is 2.58. The van der Waals surface area contributed by atoms with E-state index in [2.05, 4.69) is 29.8 Å². The third kappa shape index (κ3) is 3.85. The van der Waals surface area contributed by atoms with Crippen LogP contribution in [0.25, 0.3) is 0 Å². The third-order valence-corrected chi connectivity index (χ3v) is 3.75. The van der Waals surface area contributed by atoms with Crippen molar-refractivity contribution in [3.63, 3.8) is 0 Å². The van der Waals surface area contributed by atoms with E-state index in [0.717, 1.165) is 19.5 Å². The molecular formula is C14H18BrNO4. The van der Waals surface area contributed by atoms with Crippen molar-refractivity contribution >= 4 is 27.8 Å². The average molecular weight is 344 g/mol. The Morgan fingerprint density at radius 3 is 2.55 bits per heavy atom. The first kappa shape index (κ1) is 15.1. The molecule has 1 aromatic heterocycles. The highest BCUT2D eigenvalue weighted by Gasteiger charge is 2.26. The molecule has 0 unspecified atom stereocenters. The number of piperidine rings is 1. The van der Waals surface area contributed by atoms with Gasteiger partial charge in [-0.2, -0.15) is 0 Å². The van der Waals surface area contributed by atoms with Gasteiger partial charge in [0.05, 0.1) is 0 Å². The lowest BCUT2D eigenvalue weighted by molar-refractivity contribution is -0.137. The van der Waals surface area contributed by atoms with Crippen LogP contribution in [0.3, 0.4) is 0 Å². The van der Waals surface area contributed by atoms with Gasteiger partial charge in [0.25, 0.3) is 5.91 Å². The zero-order valence-electron chi connectivity index (χ0n) is 11.6. The van der Waals surface area contributed by atoms with E-state index in [9.17, 15) is 9.59 Å². The van der Waals surface area contributed by atoms with Crippen LogP contribution in [0.2, 0.25) is 0 Å². The van der Waals surface area contributed by atoms with Gasteiger partial charge in [0.15, 0.2) is 11.3 Å². The number of carbonyl (C=O) groups is 2. The van der Waals surface area contributed by atoms with Gasteiger partial charge < -0.3 is 14.1 Å². The van der Waals surface area contributed by atoms with E-state index in [1.165, 1.54) is 6.07 Å². The predicted molar refractivity (Wildman–Crippen MR) is 76.2 cm³/mol. The smallest absolute Gasteiger partial charge is 0.374 e. The van der Waals surface area contributed by atoms with Crippen molar-refractivity contribution in [3.05, 3.63) is 22.6 Å². The molecule has 2 rings (SSSR count). The maximum absolute atomic E-state index is 12.0. The van der Waals surface area contributed by atoms with E-state index in [1.807, 2.05) is 0 Å². The first-order chi connectivity index (χ1) is 9.45. The summed E-state index contributed by atoms with van der Waals surface area (Å²) in [7, 11) is 0. The highest BCUT2D eigenvalue weighted by atomic mass is 79.9. The third-order valence-electron chi connectivity index (χ3n) is 3.32. The minimum Gasteiger partial charge on any atom is -0.450 e. The number of amides is 1. The standard InChI is InChI=1S/C14H18BrNO4/c1-9-5-10(2)7-16(6-9)13(17)8-19-14(18)11-3-4-12(15)20-11/h3-4,9-10H,5-8H2,1-2H3/t9-,10-/m1/s1. The minimum absolute atomic E-state index is 0.0880. The molecule has 1 aliphatic heterocycles. The van der Waals surface area contributed by atoms with Gasteiger partial charge in [-0.15, -0.1) is 0 Å². The van der Waals surface area contributed by atoms with Crippen LogP contribution in [0.15, 0.2) is 21.2 Å². The van der Waals surface area contributed by atoms with Crippen LogP contribution in [-0.2, 0) is 9.53 Å². The fraction of sp³-hybridized carbons (Fsp3) is 0.571. The molecule has 0 saturated carbocycles. The van der Waals surface area contributed by atoms with Crippen LogP contribution in [0, 0.1) is 11.8 Å². The summed E-state index contributed by atoms with van der Waals surface area (Å²) < 4.78 is 10.5. The lowest BCUT2D eigenvalue weighted by atomic mass is 9.92. The summed E-state index contributed by atoms with van der Waals surface area (Å²) in [5, 5.41) is 0. The molecule has 2 atom stereocenters. The molecule has 20 heavy (non-hydrogen) atoms. The van der Waals surface area contributed by atoms with Crippen molar-refractivity contribution in [2.45, 2.75) is 20.3 Å². The Bertz CT molecular complexity index is 489. The van der Waals surface area contributed by atoms with Gasteiger partial charge in [-0.3, -0.25) is 4.79 Å². The van der Waals surface area contributed by atoms with Crippen molar-refractivity contribution < 1.29 is 18.7 Å². The van der Waals surface area contributed by atoms with E-state index in [4.69, 9.17) is 9.15 Å². The van der Waals surface area contributed by atoms with E-state index in [0.29, 0.717) is 16.5 Å². The van der Waals surface area contributed by atoms with Crippen LogP contribution in [-0.4, -0.2) is 36.5 Å². The second-order valence-electron chi connectivity index (χ2n) is 5.42. The highest BCUT2D eigenvalue weighted by Crippen LogP contribution is 2.21. The Kier molecular flexibility index (Phi) is 4.86.